The lowest BCUT2D eigenvalue weighted by Gasteiger charge is -2.19. The molecule has 0 saturated carbocycles. The van der Waals surface area contributed by atoms with Crippen molar-refractivity contribution in [3.63, 3.8) is 0 Å². The molecule has 0 saturated heterocycles. The van der Waals surface area contributed by atoms with Gasteiger partial charge in [-0.2, -0.15) is 5.01 Å². The molecule has 1 atom stereocenters. The molecule has 0 fully saturated rings. The number of thioether (sulfide) groups is 1. The van der Waals surface area contributed by atoms with Crippen LogP contribution in [0.2, 0.25) is 0 Å². The number of hydrazine groups is 1. The first-order valence-electron chi connectivity index (χ1n) is 9.29. The number of amides is 1. The average Bonchev–Trinajstić information content (AvgIpc) is 3.19. The molecule has 148 valence electrons. The molecule has 0 bridgehead atoms. The fraction of sp³-hybridized carbons (Fsp3) is 0.190. The summed E-state index contributed by atoms with van der Waals surface area (Å²) in [5.74, 6) is -0.391. The molecule has 0 aliphatic carbocycles. The number of phenols is 1. The van der Waals surface area contributed by atoms with E-state index in [9.17, 15) is 9.90 Å². The van der Waals surface area contributed by atoms with E-state index in [1.165, 1.54) is 11.8 Å². The van der Waals surface area contributed by atoms with E-state index in [0.29, 0.717) is 11.1 Å². The summed E-state index contributed by atoms with van der Waals surface area (Å²) in [5.41, 5.74) is 4.49. The lowest BCUT2D eigenvalue weighted by molar-refractivity contribution is 0.102. The Bertz CT molecular complexity index is 1100. The van der Waals surface area contributed by atoms with E-state index in [1.807, 2.05) is 67.4 Å². The molecule has 29 heavy (non-hydrogen) atoms. The van der Waals surface area contributed by atoms with Gasteiger partial charge in [-0.25, -0.2) is 5.53 Å². The summed E-state index contributed by atoms with van der Waals surface area (Å²) < 4.78 is 0. The highest BCUT2D eigenvalue weighted by Gasteiger charge is 2.25. The molecule has 1 unspecified atom stereocenters. The van der Waals surface area contributed by atoms with E-state index < -0.39 is 0 Å². The number of aryl methyl sites for hydroxylation is 1. The van der Waals surface area contributed by atoms with Crippen molar-refractivity contribution in [1.82, 2.24) is 10.5 Å². The Labute approximate surface area is 172 Å². The molecule has 3 aromatic carbocycles. The molecule has 1 aliphatic heterocycles. The zero-order valence-corrected chi connectivity index (χ0v) is 16.9. The number of aromatic hydroxyl groups is 1. The number of rotatable bonds is 5. The predicted molar refractivity (Wildman–Crippen MR) is 115 cm³/mol. The number of anilines is 1. The van der Waals surface area contributed by atoms with Crippen molar-refractivity contribution in [2.45, 2.75) is 24.2 Å². The Morgan fingerprint density at radius 3 is 2.69 bits per heavy atom. The first kappa shape index (κ1) is 19.2. The van der Waals surface area contributed by atoms with Crippen molar-refractivity contribution < 1.29 is 9.90 Å². The summed E-state index contributed by atoms with van der Waals surface area (Å²) in [7, 11) is 0. The van der Waals surface area contributed by atoms with Crippen LogP contribution in [0.4, 0.5) is 5.69 Å². The highest BCUT2D eigenvalue weighted by atomic mass is 32.2. The maximum Gasteiger partial charge on any atom is 0.259 e. The van der Waals surface area contributed by atoms with E-state index in [-0.39, 0.29) is 22.7 Å². The van der Waals surface area contributed by atoms with Crippen molar-refractivity contribution in [2.24, 2.45) is 10.3 Å². The first-order valence-corrected chi connectivity index (χ1v) is 10.2. The van der Waals surface area contributed by atoms with Crippen molar-refractivity contribution in [1.29, 1.82) is 0 Å². The summed E-state index contributed by atoms with van der Waals surface area (Å²) in [5, 5.41) is 25.2. The maximum atomic E-state index is 13.0. The summed E-state index contributed by atoms with van der Waals surface area (Å²) in [6.07, 6.45) is 0. The molecule has 8 heteroatoms. The quantitative estimate of drug-likeness (QED) is 0.571. The lowest BCUT2D eigenvalue weighted by atomic mass is 10.0. The van der Waals surface area contributed by atoms with E-state index in [2.05, 4.69) is 21.2 Å². The number of nitrogens with one attached hydrogen (secondary N) is 2. The number of nitrogens with zero attached hydrogens (tertiary/aromatic N) is 3. The predicted octanol–water partition coefficient (Wildman–Crippen LogP) is 4.69. The molecular formula is C21H21N5O2S. The standard InChI is InChI=1S/C21H21N5O2S/c1-3-26-21(23-24-25-26)29-18-12-16(19(27)15-10-6-5-9-14(15)18)20(28)22-17-11-7-4-8-13(17)2/h4-12,21,27H,3H2,1-2H3,(H,22,28)(H,23,25). The Morgan fingerprint density at radius 2 is 1.93 bits per heavy atom. The van der Waals surface area contributed by atoms with Crippen molar-refractivity contribution >= 4 is 34.1 Å². The zero-order valence-electron chi connectivity index (χ0n) is 16.1. The Balaban J connectivity index is 1.74. The molecule has 7 nitrogen and oxygen atoms in total. The minimum Gasteiger partial charge on any atom is -0.506 e. The van der Waals surface area contributed by atoms with Gasteiger partial charge in [0.25, 0.3) is 5.91 Å². The zero-order chi connectivity index (χ0) is 20.4. The van der Waals surface area contributed by atoms with Crippen LogP contribution in [-0.4, -0.2) is 28.1 Å². The van der Waals surface area contributed by atoms with E-state index in [0.717, 1.165) is 22.4 Å². The van der Waals surface area contributed by atoms with Crippen LogP contribution in [-0.2, 0) is 0 Å². The van der Waals surface area contributed by atoms with Gasteiger partial charge >= 0.3 is 0 Å². The van der Waals surface area contributed by atoms with Crippen LogP contribution in [0.25, 0.3) is 10.8 Å². The lowest BCUT2D eigenvalue weighted by Crippen LogP contribution is -2.35. The van der Waals surface area contributed by atoms with Gasteiger partial charge in [0.1, 0.15) is 5.75 Å². The van der Waals surface area contributed by atoms with Crippen molar-refractivity contribution in [3.8, 4) is 5.75 Å². The van der Waals surface area contributed by atoms with E-state index >= 15 is 0 Å². The third kappa shape index (κ3) is 3.76. The summed E-state index contributed by atoms with van der Waals surface area (Å²) in [6.45, 7) is 4.66. The van der Waals surface area contributed by atoms with Gasteiger partial charge in [-0.15, -0.1) is 5.11 Å². The first-order chi connectivity index (χ1) is 14.1. The molecule has 1 heterocycles. The molecule has 0 radical (unpaired) electrons. The smallest absolute Gasteiger partial charge is 0.259 e. The second kappa shape index (κ2) is 8.10. The molecule has 1 aliphatic rings. The Kier molecular flexibility index (Phi) is 5.37. The summed E-state index contributed by atoms with van der Waals surface area (Å²) in [4.78, 5) is 13.8. The van der Waals surface area contributed by atoms with Crippen LogP contribution < -0.4 is 10.9 Å². The SMILES string of the molecule is CCN1NN=NC1Sc1cc(C(=O)Nc2ccccc2C)c(O)c2ccccc12. The molecule has 1 amide bonds. The number of hydrogen-bond acceptors (Lipinski definition) is 7. The molecule has 0 spiro atoms. The van der Waals surface area contributed by atoms with Gasteiger partial charge in [-0.05, 0) is 30.0 Å². The number of benzene rings is 3. The largest absolute Gasteiger partial charge is 0.506 e. The molecular weight excluding hydrogens is 386 g/mol. The average molecular weight is 407 g/mol. The number of carbonyl (C=O) groups is 1. The highest BCUT2D eigenvalue weighted by molar-refractivity contribution is 8.00. The monoisotopic (exact) mass is 407 g/mol. The topological polar surface area (TPSA) is 89.3 Å². The normalized spacial score (nSPS) is 16.1. The van der Waals surface area contributed by atoms with Crippen LogP contribution >= 0.6 is 11.8 Å². The minimum absolute atomic E-state index is 0.0328. The van der Waals surface area contributed by atoms with Gasteiger partial charge in [-0.3, -0.25) is 4.79 Å². The third-order valence-electron chi connectivity index (χ3n) is 4.79. The number of para-hydroxylation sites is 1. The minimum atomic E-state index is -0.358. The van der Waals surface area contributed by atoms with E-state index in [1.54, 1.807) is 6.07 Å². The molecule has 3 N–H and O–H groups in total. The van der Waals surface area contributed by atoms with Crippen LogP contribution in [0.15, 0.2) is 69.8 Å². The number of hydrogen-bond donors (Lipinski definition) is 3. The number of fused-ring (bicyclic) bond motifs is 1. The summed E-state index contributed by atoms with van der Waals surface area (Å²) in [6, 6.07) is 16.7. The molecule has 0 aromatic heterocycles. The fourth-order valence-electron chi connectivity index (χ4n) is 3.17. The van der Waals surface area contributed by atoms with Crippen LogP contribution in [0.5, 0.6) is 5.75 Å². The van der Waals surface area contributed by atoms with Crippen molar-refractivity contribution in [3.05, 3.63) is 65.7 Å². The van der Waals surface area contributed by atoms with Crippen LogP contribution in [0, 0.1) is 6.92 Å². The van der Waals surface area contributed by atoms with Crippen molar-refractivity contribution in [2.75, 3.05) is 11.9 Å². The van der Waals surface area contributed by atoms with Gasteiger partial charge in [0, 0.05) is 22.5 Å². The fourth-order valence-corrected chi connectivity index (χ4v) is 4.31. The molecule has 3 aromatic rings. The maximum absolute atomic E-state index is 13.0. The number of phenolic OH excluding ortho intramolecular Hbond substituents is 1. The van der Waals surface area contributed by atoms with Gasteiger partial charge in [0.05, 0.1) is 5.56 Å². The van der Waals surface area contributed by atoms with Crippen LogP contribution in [0.1, 0.15) is 22.8 Å². The highest BCUT2D eigenvalue weighted by Crippen LogP contribution is 2.39. The Hall–Kier alpha value is -3.10. The summed E-state index contributed by atoms with van der Waals surface area (Å²) >= 11 is 1.48. The van der Waals surface area contributed by atoms with Crippen LogP contribution in [0.3, 0.4) is 0 Å². The second-order valence-electron chi connectivity index (χ2n) is 6.63. The second-order valence-corrected chi connectivity index (χ2v) is 7.73. The van der Waals surface area contributed by atoms with Gasteiger partial charge in [0.15, 0.2) is 5.50 Å². The third-order valence-corrected chi connectivity index (χ3v) is 5.94. The molecule has 4 rings (SSSR count). The van der Waals surface area contributed by atoms with E-state index in [4.69, 9.17) is 0 Å². The van der Waals surface area contributed by atoms with Gasteiger partial charge in [0.2, 0.25) is 0 Å². The number of carbonyl (C=O) groups excluding carboxylic acids is 1. The van der Waals surface area contributed by atoms with Gasteiger partial charge in [-0.1, -0.05) is 66.4 Å². The van der Waals surface area contributed by atoms with Gasteiger partial charge < -0.3 is 10.4 Å². The Morgan fingerprint density at radius 1 is 1.21 bits per heavy atom.